The van der Waals surface area contributed by atoms with Crippen LogP contribution in [0.4, 0.5) is 0 Å². The number of carbonyl (C=O) groups excluding carboxylic acids is 1. The average molecular weight is 316 g/mol. The summed E-state index contributed by atoms with van der Waals surface area (Å²) in [4.78, 5) is 12.3. The van der Waals surface area contributed by atoms with Gasteiger partial charge in [-0.1, -0.05) is 26.7 Å². The fraction of sp³-hybridized carbons (Fsp3) is 0.625. The Morgan fingerprint density at radius 3 is 2.74 bits per heavy atom. The van der Waals surface area contributed by atoms with Gasteiger partial charge in [0, 0.05) is 19.2 Å². The molecular formula is C16H24N6O. The molecule has 0 aromatic carbocycles. The van der Waals surface area contributed by atoms with E-state index in [-0.39, 0.29) is 5.91 Å². The van der Waals surface area contributed by atoms with E-state index in [1.807, 2.05) is 22.5 Å². The third-order valence-electron chi connectivity index (χ3n) is 4.46. The van der Waals surface area contributed by atoms with E-state index in [1.165, 1.54) is 12.8 Å². The van der Waals surface area contributed by atoms with Crippen LogP contribution in [0.3, 0.4) is 0 Å². The van der Waals surface area contributed by atoms with Crippen molar-refractivity contribution in [3.05, 3.63) is 29.6 Å². The summed E-state index contributed by atoms with van der Waals surface area (Å²) >= 11 is 0. The minimum absolute atomic E-state index is 0.171. The molecule has 7 nitrogen and oxygen atoms in total. The molecule has 2 aromatic heterocycles. The van der Waals surface area contributed by atoms with Crippen LogP contribution in [0, 0.1) is 0 Å². The Labute approximate surface area is 136 Å². The maximum Gasteiger partial charge on any atom is 0.272 e. The monoisotopic (exact) mass is 316 g/mol. The van der Waals surface area contributed by atoms with Crippen molar-refractivity contribution < 1.29 is 4.79 Å². The van der Waals surface area contributed by atoms with Gasteiger partial charge in [-0.3, -0.25) is 9.48 Å². The van der Waals surface area contributed by atoms with E-state index in [0.717, 1.165) is 24.5 Å². The van der Waals surface area contributed by atoms with Crippen LogP contribution in [0.15, 0.2) is 12.3 Å². The molecule has 1 N–H and O–H groups in total. The number of hydrogen-bond acceptors (Lipinski definition) is 4. The molecule has 0 spiro atoms. The fourth-order valence-electron chi connectivity index (χ4n) is 3.11. The zero-order valence-electron chi connectivity index (χ0n) is 14.0. The van der Waals surface area contributed by atoms with Gasteiger partial charge in [-0.2, -0.15) is 5.10 Å². The molecule has 0 saturated heterocycles. The van der Waals surface area contributed by atoms with Gasteiger partial charge < -0.3 is 9.88 Å². The summed E-state index contributed by atoms with van der Waals surface area (Å²) < 4.78 is 3.86. The van der Waals surface area contributed by atoms with Crippen LogP contribution < -0.4 is 5.32 Å². The van der Waals surface area contributed by atoms with Gasteiger partial charge in [0.2, 0.25) is 0 Å². The number of carbonyl (C=O) groups is 1. The van der Waals surface area contributed by atoms with Crippen molar-refractivity contribution in [2.45, 2.75) is 58.0 Å². The number of amides is 1. The first-order valence-electron chi connectivity index (χ1n) is 8.27. The molecule has 1 amide bonds. The Morgan fingerprint density at radius 2 is 2.09 bits per heavy atom. The molecule has 1 aliphatic carbocycles. The van der Waals surface area contributed by atoms with Gasteiger partial charge in [-0.15, -0.1) is 10.2 Å². The van der Waals surface area contributed by atoms with E-state index >= 15 is 0 Å². The van der Waals surface area contributed by atoms with Crippen LogP contribution in [-0.2, 0) is 13.6 Å². The predicted molar refractivity (Wildman–Crippen MR) is 86.0 cm³/mol. The van der Waals surface area contributed by atoms with Crippen molar-refractivity contribution in [3.63, 3.8) is 0 Å². The lowest BCUT2D eigenvalue weighted by Gasteiger charge is -2.09. The first-order valence-corrected chi connectivity index (χ1v) is 8.27. The zero-order valence-corrected chi connectivity index (χ0v) is 14.0. The molecule has 2 heterocycles. The fourth-order valence-corrected chi connectivity index (χ4v) is 3.11. The number of aromatic nitrogens is 5. The third-order valence-corrected chi connectivity index (χ3v) is 4.46. The van der Waals surface area contributed by atoms with Crippen molar-refractivity contribution in [2.24, 2.45) is 7.05 Å². The second kappa shape index (κ2) is 6.52. The number of hydrogen-bond donors (Lipinski definition) is 1. The average Bonchev–Trinajstić information content (AvgIpc) is 3.25. The van der Waals surface area contributed by atoms with Crippen molar-refractivity contribution in [1.82, 2.24) is 29.9 Å². The highest BCUT2D eigenvalue weighted by Crippen LogP contribution is 2.28. The summed E-state index contributed by atoms with van der Waals surface area (Å²) in [5.41, 5.74) is 0.461. The van der Waals surface area contributed by atoms with Crippen molar-refractivity contribution in [1.29, 1.82) is 0 Å². The van der Waals surface area contributed by atoms with E-state index in [1.54, 1.807) is 6.07 Å². The molecule has 0 atom stereocenters. The van der Waals surface area contributed by atoms with E-state index in [0.29, 0.717) is 24.2 Å². The molecule has 1 aliphatic rings. The van der Waals surface area contributed by atoms with Crippen molar-refractivity contribution >= 4 is 5.91 Å². The minimum atomic E-state index is -0.171. The highest BCUT2D eigenvalue weighted by molar-refractivity contribution is 5.92. The summed E-state index contributed by atoms with van der Waals surface area (Å²) in [5, 5.41) is 15.6. The molecule has 23 heavy (non-hydrogen) atoms. The van der Waals surface area contributed by atoms with Gasteiger partial charge in [0.1, 0.15) is 11.5 Å². The smallest absolute Gasteiger partial charge is 0.272 e. The van der Waals surface area contributed by atoms with E-state index in [4.69, 9.17) is 0 Å². The lowest BCUT2D eigenvalue weighted by molar-refractivity contribution is 0.0943. The summed E-state index contributed by atoms with van der Waals surface area (Å²) in [7, 11) is 1.92. The summed E-state index contributed by atoms with van der Waals surface area (Å²) in [5.74, 6) is 1.80. The van der Waals surface area contributed by atoms with Crippen LogP contribution in [0.1, 0.15) is 73.6 Å². The first-order chi connectivity index (χ1) is 11.1. The zero-order chi connectivity index (χ0) is 16.4. The van der Waals surface area contributed by atoms with E-state index in [9.17, 15) is 4.79 Å². The Balaban J connectivity index is 1.61. The van der Waals surface area contributed by atoms with Gasteiger partial charge >= 0.3 is 0 Å². The molecule has 0 bridgehead atoms. The standard InChI is InChI=1S/C16H24N6O/c1-11(2)15-19-18-14(21(15)3)10-17-16(23)13-8-9-22(20-13)12-6-4-5-7-12/h8-9,11-12H,4-7,10H2,1-3H3,(H,17,23). The Bertz CT molecular complexity index is 681. The SMILES string of the molecule is CC(C)c1nnc(CNC(=O)c2ccn(C3CCCC3)n2)n1C. The maximum atomic E-state index is 12.3. The van der Waals surface area contributed by atoms with E-state index < -0.39 is 0 Å². The summed E-state index contributed by atoms with van der Waals surface area (Å²) in [6, 6.07) is 2.23. The van der Waals surface area contributed by atoms with Gasteiger partial charge in [-0.05, 0) is 18.9 Å². The third kappa shape index (κ3) is 3.28. The summed E-state index contributed by atoms with van der Waals surface area (Å²) in [6.07, 6.45) is 6.70. The molecule has 0 aliphatic heterocycles. The molecule has 1 fully saturated rings. The second-order valence-electron chi connectivity index (χ2n) is 6.49. The summed E-state index contributed by atoms with van der Waals surface area (Å²) in [6.45, 7) is 4.50. The van der Waals surface area contributed by atoms with E-state index in [2.05, 4.69) is 34.5 Å². The normalized spacial score (nSPS) is 15.5. The van der Waals surface area contributed by atoms with Gasteiger partial charge in [-0.25, -0.2) is 0 Å². The molecule has 2 aromatic rings. The Kier molecular flexibility index (Phi) is 4.45. The molecule has 0 radical (unpaired) electrons. The lowest BCUT2D eigenvalue weighted by atomic mass is 10.2. The lowest BCUT2D eigenvalue weighted by Crippen LogP contribution is -2.25. The van der Waals surface area contributed by atoms with Crippen molar-refractivity contribution in [3.8, 4) is 0 Å². The second-order valence-corrected chi connectivity index (χ2v) is 6.49. The first kappa shape index (κ1) is 15.7. The van der Waals surface area contributed by atoms with Gasteiger partial charge in [0.05, 0.1) is 12.6 Å². The molecule has 7 heteroatoms. The largest absolute Gasteiger partial charge is 0.343 e. The molecule has 3 rings (SSSR count). The number of nitrogens with one attached hydrogen (secondary N) is 1. The highest BCUT2D eigenvalue weighted by Gasteiger charge is 2.19. The number of rotatable bonds is 5. The molecule has 124 valence electrons. The van der Waals surface area contributed by atoms with Crippen LogP contribution in [0.25, 0.3) is 0 Å². The molecular weight excluding hydrogens is 292 g/mol. The van der Waals surface area contributed by atoms with Crippen LogP contribution in [0.5, 0.6) is 0 Å². The highest BCUT2D eigenvalue weighted by atomic mass is 16.1. The number of nitrogens with zero attached hydrogens (tertiary/aromatic N) is 5. The molecule has 0 unspecified atom stereocenters. The molecule has 1 saturated carbocycles. The Morgan fingerprint density at radius 1 is 1.35 bits per heavy atom. The maximum absolute atomic E-state index is 12.3. The van der Waals surface area contributed by atoms with Crippen molar-refractivity contribution in [2.75, 3.05) is 0 Å². The van der Waals surface area contributed by atoms with Crippen LogP contribution >= 0.6 is 0 Å². The minimum Gasteiger partial charge on any atom is -0.343 e. The van der Waals surface area contributed by atoms with Crippen LogP contribution in [0.2, 0.25) is 0 Å². The Hall–Kier alpha value is -2.18. The predicted octanol–water partition coefficient (Wildman–Crippen LogP) is 2.18. The quantitative estimate of drug-likeness (QED) is 0.917. The van der Waals surface area contributed by atoms with Gasteiger partial charge in [0.15, 0.2) is 5.82 Å². The van der Waals surface area contributed by atoms with Gasteiger partial charge in [0.25, 0.3) is 5.91 Å². The van der Waals surface area contributed by atoms with Crippen LogP contribution in [-0.4, -0.2) is 30.5 Å². The topological polar surface area (TPSA) is 77.6 Å².